The van der Waals surface area contributed by atoms with Gasteiger partial charge in [0, 0.05) is 6.07 Å². The first-order valence-electron chi connectivity index (χ1n) is 7.33. The Labute approximate surface area is 136 Å². The van der Waals surface area contributed by atoms with Crippen molar-refractivity contribution in [3.8, 4) is 11.5 Å². The molecule has 7 heteroatoms. The quantitative estimate of drug-likeness (QED) is 0.556. The maximum absolute atomic E-state index is 9.10. The highest BCUT2D eigenvalue weighted by molar-refractivity contribution is 6.27. The lowest BCUT2D eigenvalue weighted by atomic mass is 10.3. The number of carboxylic acid groups (broad SMARTS) is 2. The molecule has 0 aliphatic heterocycles. The molecule has 0 bridgehead atoms. The normalized spacial score (nSPS) is 9.74. The van der Waals surface area contributed by atoms with E-state index in [0.717, 1.165) is 37.5 Å². The van der Waals surface area contributed by atoms with Gasteiger partial charge in [0.25, 0.3) is 0 Å². The standard InChI is InChI=1S/C14H23NO2.C2H2O4/c1-4-16-13-8-7-9-14(12-13)17-11-6-5-10-15(2)3;3-1(4)2(5)6/h7-9,12H,4-6,10-11H2,1-3H3;(H,3,4)(H,5,6). The lowest BCUT2D eigenvalue weighted by Gasteiger charge is -2.10. The molecule has 0 unspecified atom stereocenters. The van der Waals surface area contributed by atoms with Crippen molar-refractivity contribution < 1.29 is 29.3 Å². The first kappa shape index (κ1) is 20.7. The molecule has 0 heterocycles. The van der Waals surface area contributed by atoms with Crippen molar-refractivity contribution >= 4 is 11.9 Å². The maximum Gasteiger partial charge on any atom is 0.414 e. The van der Waals surface area contributed by atoms with Crippen LogP contribution in [0, 0.1) is 0 Å². The predicted molar refractivity (Wildman–Crippen MR) is 86.2 cm³/mol. The predicted octanol–water partition coefficient (Wildman–Crippen LogP) is 1.96. The molecule has 0 aliphatic carbocycles. The molecule has 1 aromatic carbocycles. The molecule has 2 N–H and O–H groups in total. The molecule has 0 spiro atoms. The van der Waals surface area contributed by atoms with E-state index in [4.69, 9.17) is 29.3 Å². The molecule has 1 rings (SSSR count). The highest BCUT2D eigenvalue weighted by Crippen LogP contribution is 2.19. The van der Waals surface area contributed by atoms with Crippen LogP contribution in [0.2, 0.25) is 0 Å². The number of unbranched alkanes of at least 4 members (excludes halogenated alkanes) is 1. The van der Waals surface area contributed by atoms with Gasteiger partial charge in [-0.15, -0.1) is 0 Å². The van der Waals surface area contributed by atoms with Gasteiger partial charge in [-0.25, -0.2) is 9.59 Å². The van der Waals surface area contributed by atoms with Crippen LogP contribution in [0.5, 0.6) is 11.5 Å². The average Bonchev–Trinajstić information content (AvgIpc) is 2.48. The molecule has 0 fully saturated rings. The second-order valence-corrected chi connectivity index (χ2v) is 4.88. The van der Waals surface area contributed by atoms with Crippen LogP contribution < -0.4 is 9.47 Å². The Morgan fingerprint density at radius 3 is 2.09 bits per heavy atom. The number of carboxylic acids is 2. The Hall–Kier alpha value is -2.28. The number of carbonyl (C=O) groups is 2. The highest BCUT2D eigenvalue weighted by atomic mass is 16.5. The number of rotatable bonds is 8. The number of hydrogen-bond acceptors (Lipinski definition) is 5. The molecule has 23 heavy (non-hydrogen) atoms. The van der Waals surface area contributed by atoms with Crippen molar-refractivity contribution in [2.24, 2.45) is 0 Å². The van der Waals surface area contributed by atoms with E-state index in [9.17, 15) is 0 Å². The molecule has 0 radical (unpaired) electrons. The Morgan fingerprint density at radius 1 is 1.04 bits per heavy atom. The minimum Gasteiger partial charge on any atom is -0.494 e. The van der Waals surface area contributed by atoms with Crippen molar-refractivity contribution in [1.29, 1.82) is 0 Å². The smallest absolute Gasteiger partial charge is 0.414 e. The largest absolute Gasteiger partial charge is 0.494 e. The van der Waals surface area contributed by atoms with E-state index in [-0.39, 0.29) is 0 Å². The summed E-state index contributed by atoms with van der Waals surface area (Å²) in [6.07, 6.45) is 2.25. The summed E-state index contributed by atoms with van der Waals surface area (Å²) in [5.41, 5.74) is 0. The Kier molecular flexibility index (Phi) is 11.1. The summed E-state index contributed by atoms with van der Waals surface area (Å²) in [6.45, 7) is 4.55. The minimum absolute atomic E-state index is 0.687. The van der Waals surface area contributed by atoms with Crippen LogP contribution >= 0.6 is 0 Å². The second kappa shape index (κ2) is 12.3. The van der Waals surface area contributed by atoms with E-state index < -0.39 is 11.9 Å². The molecule has 0 saturated heterocycles. The van der Waals surface area contributed by atoms with Crippen molar-refractivity contribution in [2.75, 3.05) is 33.9 Å². The molecule has 0 aromatic heterocycles. The van der Waals surface area contributed by atoms with Crippen molar-refractivity contribution in [3.05, 3.63) is 24.3 Å². The van der Waals surface area contributed by atoms with Gasteiger partial charge in [0.05, 0.1) is 13.2 Å². The summed E-state index contributed by atoms with van der Waals surface area (Å²) in [7, 11) is 4.18. The number of nitrogens with zero attached hydrogens (tertiary/aromatic N) is 1. The molecular formula is C16H25NO6. The van der Waals surface area contributed by atoms with Crippen LogP contribution in [0.25, 0.3) is 0 Å². The van der Waals surface area contributed by atoms with E-state index in [1.165, 1.54) is 0 Å². The number of ether oxygens (including phenoxy) is 2. The van der Waals surface area contributed by atoms with Gasteiger partial charge in [-0.2, -0.15) is 0 Å². The van der Waals surface area contributed by atoms with E-state index in [1.54, 1.807) is 0 Å². The third-order valence-corrected chi connectivity index (χ3v) is 2.57. The van der Waals surface area contributed by atoms with Gasteiger partial charge in [-0.1, -0.05) is 6.07 Å². The molecule has 130 valence electrons. The van der Waals surface area contributed by atoms with Crippen LogP contribution in [-0.2, 0) is 9.59 Å². The van der Waals surface area contributed by atoms with E-state index >= 15 is 0 Å². The van der Waals surface area contributed by atoms with Crippen molar-refractivity contribution in [3.63, 3.8) is 0 Å². The lowest BCUT2D eigenvalue weighted by Crippen LogP contribution is -2.13. The summed E-state index contributed by atoms with van der Waals surface area (Å²) < 4.78 is 11.1. The fourth-order valence-corrected chi connectivity index (χ4v) is 1.54. The number of benzene rings is 1. The number of hydrogen-bond donors (Lipinski definition) is 2. The van der Waals surface area contributed by atoms with Crippen LogP contribution in [-0.4, -0.2) is 60.9 Å². The summed E-state index contributed by atoms with van der Waals surface area (Å²) in [4.78, 5) is 20.4. The zero-order chi connectivity index (χ0) is 17.7. The number of aliphatic carboxylic acids is 2. The van der Waals surface area contributed by atoms with E-state index in [0.29, 0.717) is 6.61 Å². The zero-order valence-electron chi connectivity index (χ0n) is 13.8. The van der Waals surface area contributed by atoms with Crippen molar-refractivity contribution in [1.82, 2.24) is 4.90 Å². The highest BCUT2D eigenvalue weighted by Gasteiger charge is 2.04. The molecule has 7 nitrogen and oxygen atoms in total. The monoisotopic (exact) mass is 327 g/mol. The summed E-state index contributed by atoms with van der Waals surface area (Å²) >= 11 is 0. The third kappa shape index (κ3) is 12.0. The maximum atomic E-state index is 9.10. The fourth-order valence-electron chi connectivity index (χ4n) is 1.54. The molecule has 1 aromatic rings. The van der Waals surface area contributed by atoms with Gasteiger partial charge in [0.15, 0.2) is 0 Å². The topological polar surface area (TPSA) is 96.3 Å². The van der Waals surface area contributed by atoms with Crippen molar-refractivity contribution in [2.45, 2.75) is 19.8 Å². The van der Waals surface area contributed by atoms with Gasteiger partial charge in [-0.05, 0) is 52.5 Å². The van der Waals surface area contributed by atoms with Gasteiger partial charge in [0.2, 0.25) is 0 Å². The van der Waals surface area contributed by atoms with Gasteiger partial charge >= 0.3 is 11.9 Å². The summed E-state index contributed by atoms with van der Waals surface area (Å²) in [5.74, 6) is -1.89. The Morgan fingerprint density at radius 2 is 1.61 bits per heavy atom. The second-order valence-electron chi connectivity index (χ2n) is 4.88. The third-order valence-electron chi connectivity index (χ3n) is 2.57. The zero-order valence-corrected chi connectivity index (χ0v) is 13.8. The first-order chi connectivity index (χ1) is 10.9. The van der Waals surface area contributed by atoms with Gasteiger partial charge in [0.1, 0.15) is 11.5 Å². The summed E-state index contributed by atoms with van der Waals surface area (Å²) in [6, 6.07) is 7.81. The Bertz CT molecular complexity index is 463. The average molecular weight is 327 g/mol. The summed E-state index contributed by atoms with van der Waals surface area (Å²) in [5, 5.41) is 14.8. The van der Waals surface area contributed by atoms with E-state index in [1.807, 2.05) is 31.2 Å². The van der Waals surface area contributed by atoms with Crippen LogP contribution in [0.15, 0.2) is 24.3 Å². The molecule has 0 atom stereocenters. The first-order valence-corrected chi connectivity index (χ1v) is 7.33. The molecule has 0 aliphatic rings. The fraction of sp³-hybridized carbons (Fsp3) is 0.500. The van der Waals surface area contributed by atoms with Gasteiger partial charge < -0.3 is 24.6 Å². The molecule has 0 saturated carbocycles. The lowest BCUT2D eigenvalue weighted by molar-refractivity contribution is -0.159. The van der Waals surface area contributed by atoms with Gasteiger partial charge in [-0.3, -0.25) is 0 Å². The molecule has 0 amide bonds. The van der Waals surface area contributed by atoms with Crippen LogP contribution in [0.4, 0.5) is 0 Å². The van der Waals surface area contributed by atoms with Crippen LogP contribution in [0.1, 0.15) is 19.8 Å². The Balaban J connectivity index is 0.000000688. The van der Waals surface area contributed by atoms with E-state index in [2.05, 4.69) is 19.0 Å². The van der Waals surface area contributed by atoms with Crippen LogP contribution in [0.3, 0.4) is 0 Å². The minimum atomic E-state index is -1.82. The molecular weight excluding hydrogens is 302 g/mol. The SMILES string of the molecule is CCOc1cccc(OCCCCN(C)C)c1.O=C(O)C(=O)O.